The highest BCUT2D eigenvalue weighted by Gasteiger charge is 2.13. The first-order valence-electron chi connectivity index (χ1n) is 8.25. The first kappa shape index (κ1) is 19.1. The van der Waals surface area contributed by atoms with Crippen molar-refractivity contribution in [3.63, 3.8) is 0 Å². The minimum Gasteiger partial charge on any atom is -0.492 e. The second-order valence-electron chi connectivity index (χ2n) is 5.59. The van der Waals surface area contributed by atoms with Gasteiger partial charge in [0.1, 0.15) is 18.2 Å². The lowest BCUT2D eigenvalue weighted by Gasteiger charge is -2.13. The Morgan fingerprint density at radius 1 is 1.11 bits per heavy atom. The van der Waals surface area contributed by atoms with Crippen LogP contribution in [0.3, 0.4) is 0 Å². The number of amides is 1. The van der Waals surface area contributed by atoms with Crippen molar-refractivity contribution in [1.29, 1.82) is 0 Å². The number of aromatic nitrogens is 1. The van der Waals surface area contributed by atoms with Crippen LogP contribution in [0, 0.1) is 9.39 Å². The van der Waals surface area contributed by atoms with Crippen molar-refractivity contribution >= 4 is 39.9 Å². The number of anilines is 2. The van der Waals surface area contributed by atoms with Crippen molar-refractivity contribution in [3.05, 3.63) is 81.9 Å². The molecule has 3 rings (SSSR count). The summed E-state index contributed by atoms with van der Waals surface area (Å²) >= 11 is 2.04. The number of hydrogen-bond donors (Lipinski definition) is 2. The summed E-state index contributed by atoms with van der Waals surface area (Å²) in [5, 5.41) is 5.72. The van der Waals surface area contributed by atoms with Crippen LogP contribution in [0.1, 0.15) is 10.4 Å². The van der Waals surface area contributed by atoms with Crippen LogP contribution in [-0.4, -0.2) is 24.0 Å². The molecule has 1 heterocycles. The third kappa shape index (κ3) is 5.40. The smallest absolute Gasteiger partial charge is 0.253 e. The molecule has 0 atom stereocenters. The molecule has 0 aliphatic rings. The molecule has 0 fully saturated rings. The van der Waals surface area contributed by atoms with Crippen molar-refractivity contribution in [2.24, 2.45) is 0 Å². The van der Waals surface area contributed by atoms with Crippen molar-refractivity contribution in [2.45, 2.75) is 0 Å². The molecule has 0 saturated carbocycles. The van der Waals surface area contributed by atoms with Crippen LogP contribution in [0.15, 0.2) is 67.0 Å². The molecule has 0 radical (unpaired) electrons. The van der Waals surface area contributed by atoms with Gasteiger partial charge in [0.25, 0.3) is 5.91 Å². The van der Waals surface area contributed by atoms with E-state index in [1.54, 1.807) is 18.2 Å². The lowest BCUT2D eigenvalue weighted by atomic mass is 10.2. The van der Waals surface area contributed by atoms with Crippen LogP contribution in [0.25, 0.3) is 0 Å². The van der Waals surface area contributed by atoms with E-state index in [4.69, 9.17) is 4.74 Å². The largest absolute Gasteiger partial charge is 0.492 e. The number of nitrogens with zero attached hydrogens (tertiary/aromatic N) is 1. The number of ether oxygens (including phenoxy) is 1. The Hall–Kier alpha value is -2.68. The van der Waals surface area contributed by atoms with Crippen molar-refractivity contribution in [1.82, 2.24) is 10.3 Å². The zero-order valence-electron chi connectivity index (χ0n) is 14.3. The molecule has 2 aromatic carbocycles. The molecule has 3 aromatic rings. The fourth-order valence-corrected chi connectivity index (χ4v) is 2.83. The van der Waals surface area contributed by atoms with Crippen LogP contribution < -0.4 is 15.4 Å². The quantitative estimate of drug-likeness (QED) is 0.392. The van der Waals surface area contributed by atoms with E-state index >= 15 is 0 Å². The molecule has 1 amide bonds. The highest BCUT2D eigenvalue weighted by Crippen LogP contribution is 2.23. The number of benzene rings is 2. The number of carbonyl (C=O) groups excluding carboxylic acids is 1. The molecule has 0 aliphatic heterocycles. The number of para-hydroxylation sites is 1. The number of nitrogens with one attached hydrogen (secondary N) is 2. The molecular weight excluding hydrogens is 460 g/mol. The van der Waals surface area contributed by atoms with Crippen LogP contribution >= 0.6 is 22.6 Å². The third-order valence-electron chi connectivity index (χ3n) is 3.67. The summed E-state index contributed by atoms with van der Waals surface area (Å²) in [5.74, 6) is 0.0584. The SMILES string of the molecule is O=C(NCCOc1ccccc1)c1ccncc1Nc1ccc(I)cc1F. The van der Waals surface area contributed by atoms with Crippen molar-refractivity contribution in [3.8, 4) is 5.75 Å². The van der Waals surface area contributed by atoms with Gasteiger partial charge in [0, 0.05) is 9.77 Å². The van der Waals surface area contributed by atoms with E-state index in [-0.39, 0.29) is 11.6 Å². The summed E-state index contributed by atoms with van der Waals surface area (Å²) in [6, 6.07) is 15.8. The first-order chi connectivity index (χ1) is 13.1. The van der Waals surface area contributed by atoms with Gasteiger partial charge in [-0.15, -0.1) is 0 Å². The van der Waals surface area contributed by atoms with Gasteiger partial charge in [0.2, 0.25) is 0 Å². The van der Waals surface area contributed by atoms with Gasteiger partial charge in [-0.3, -0.25) is 9.78 Å². The fraction of sp³-hybridized carbons (Fsp3) is 0.100. The van der Waals surface area contributed by atoms with Crippen molar-refractivity contribution < 1.29 is 13.9 Å². The monoisotopic (exact) mass is 477 g/mol. The molecule has 0 aliphatic carbocycles. The van der Waals surface area contributed by atoms with Gasteiger partial charge in [-0.05, 0) is 59.0 Å². The zero-order chi connectivity index (χ0) is 19.1. The zero-order valence-corrected chi connectivity index (χ0v) is 16.4. The van der Waals surface area contributed by atoms with Gasteiger partial charge >= 0.3 is 0 Å². The highest BCUT2D eigenvalue weighted by molar-refractivity contribution is 14.1. The maximum atomic E-state index is 14.1. The Labute approximate surface area is 170 Å². The summed E-state index contributed by atoms with van der Waals surface area (Å²) in [6.45, 7) is 0.683. The number of hydrogen-bond acceptors (Lipinski definition) is 4. The molecule has 27 heavy (non-hydrogen) atoms. The summed E-state index contributed by atoms with van der Waals surface area (Å²) in [5.41, 5.74) is 1.09. The highest BCUT2D eigenvalue weighted by atomic mass is 127. The normalized spacial score (nSPS) is 10.3. The van der Waals surface area contributed by atoms with Gasteiger partial charge in [-0.1, -0.05) is 18.2 Å². The van der Waals surface area contributed by atoms with Crippen molar-refractivity contribution in [2.75, 3.05) is 18.5 Å². The van der Waals surface area contributed by atoms with E-state index in [0.29, 0.717) is 24.4 Å². The molecule has 2 N–H and O–H groups in total. The van der Waals surface area contributed by atoms with E-state index in [1.165, 1.54) is 18.5 Å². The second-order valence-corrected chi connectivity index (χ2v) is 6.83. The van der Waals surface area contributed by atoms with Gasteiger partial charge in [-0.25, -0.2) is 4.39 Å². The minimum atomic E-state index is -0.395. The molecule has 1 aromatic heterocycles. The molecule has 7 heteroatoms. The summed E-state index contributed by atoms with van der Waals surface area (Å²) in [7, 11) is 0. The van der Waals surface area contributed by atoms with Gasteiger partial charge in [0.05, 0.1) is 29.7 Å². The molecule has 0 unspecified atom stereocenters. The van der Waals surface area contributed by atoms with E-state index in [9.17, 15) is 9.18 Å². The predicted molar refractivity (Wildman–Crippen MR) is 111 cm³/mol. The Bertz CT molecular complexity index is 922. The third-order valence-corrected chi connectivity index (χ3v) is 4.34. The Balaban J connectivity index is 1.61. The molecule has 138 valence electrons. The lowest BCUT2D eigenvalue weighted by molar-refractivity contribution is 0.0947. The summed E-state index contributed by atoms with van der Waals surface area (Å²) < 4.78 is 20.4. The molecule has 0 bridgehead atoms. The van der Waals surface area contributed by atoms with Crippen LogP contribution in [0.5, 0.6) is 5.75 Å². The maximum Gasteiger partial charge on any atom is 0.253 e. The molecule has 0 saturated heterocycles. The number of halogens is 2. The van der Waals surface area contributed by atoms with E-state index in [1.807, 2.05) is 52.9 Å². The van der Waals surface area contributed by atoms with Gasteiger partial charge in [0.15, 0.2) is 0 Å². The van der Waals surface area contributed by atoms with Crippen LogP contribution in [0.4, 0.5) is 15.8 Å². The second kappa shape index (κ2) is 9.31. The summed E-state index contributed by atoms with van der Waals surface area (Å²) in [4.78, 5) is 16.5. The summed E-state index contributed by atoms with van der Waals surface area (Å²) in [6.07, 6.45) is 3.01. The fourth-order valence-electron chi connectivity index (χ4n) is 2.37. The van der Waals surface area contributed by atoms with Gasteiger partial charge in [-0.2, -0.15) is 0 Å². The maximum absolute atomic E-state index is 14.1. The Morgan fingerprint density at radius 3 is 2.70 bits per heavy atom. The van der Waals surface area contributed by atoms with Gasteiger partial charge < -0.3 is 15.4 Å². The van der Waals surface area contributed by atoms with E-state index in [0.717, 1.165) is 9.32 Å². The van der Waals surface area contributed by atoms with E-state index in [2.05, 4.69) is 15.6 Å². The number of carbonyl (C=O) groups is 1. The average Bonchev–Trinajstić information content (AvgIpc) is 2.68. The van der Waals surface area contributed by atoms with Crippen LogP contribution in [0.2, 0.25) is 0 Å². The first-order valence-corrected chi connectivity index (χ1v) is 9.33. The number of pyridine rings is 1. The lowest BCUT2D eigenvalue weighted by Crippen LogP contribution is -2.28. The average molecular weight is 477 g/mol. The predicted octanol–water partition coefficient (Wildman–Crippen LogP) is 4.38. The minimum absolute atomic E-state index is 0.282. The standard InChI is InChI=1S/C20H17FIN3O2/c21-17-12-14(22)6-7-18(17)25-19-13-23-9-8-16(19)20(26)24-10-11-27-15-4-2-1-3-5-15/h1-9,12-13,25H,10-11H2,(H,24,26). The Kier molecular flexibility index (Phi) is 6.59. The molecule has 0 spiro atoms. The molecular formula is C20H17FIN3O2. The molecule has 5 nitrogen and oxygen atoms in total. The Morgan fingerprint density at radius 2 is 1.93 bits per heavy atom. The topological polar surface area (TPSA) is 63.2 Å². The van der Waals surface area contributed by atoms with Crippen LogP contribution in [-0.2, 0) is 0 Å². The number of rotatable bonds is 7. The van der Waals surface area contributed by atoms with E-state index < -0.39 is 5.82 Å².